The molecule has 7 heteroatoms. The second-order valence-electron chi connectivity index (χ2n) is 9.15. The fraction of sp³-hybridized carbons (Fsp3) is 0.310. The second-order valence-corrected chi connectivity index (χ2v) is 9.15. The summed E-state index contributed by atoms with van der Waals surface area (Å²) in [5.74, 6) is 1.80. The Morgan fingerprint density at radius 2 is 1.61 bits per heavy atom. The Labute approximate surface area is 213 Å². The van der Waals surface area contributed by atoms with E-state index in [9.17, 15) is 4.79 Å². The van der Waals surface area contributed by atoms with Gasteiger partial charge in [0.1, 0.15) is 11.6 Å². The lowest BCUT2D eigenvalue weighted by Gasteiger charge is -2.37. The Morgan fingerprint density at radius 1 is 0.944 bits per heavy atom. The molecule has 0 amide bonds. The molecule has 1 atom stereocenters. The maximum absolute atomic E-state index is 12.1. The van der Waals surface area contributed by atoms with E-state index in [2.05, 4.69) is 61.6 Å². The van der Waals surface area contributed by atoms with Crippen LogP contribution in [0, 0.1) is 0 Å². The highest BCUT2D eigenvalue weighted by Crippen LogP contribution is 2.32. The van der Waals surface area contributed by atoms with Gasteiger partial charge in [-0.15, -0.1) is 0 Å². The van der Waals surface area contributed by atoms with Crippen molar-refractivity contribution in [2.45, 2.75) is 18.6 Å². The van der Waals surface area contributed by atoms with Crippen molar-refractivity contribution < 1.29 is 9.53 Å². The molecule has 2 heterocycles. The summed E-state index contributed by atoms with van der Waals surface area (Å²) in [7, 11) is 1.70. The smallest absolute Gasteiger partial charge is 0.173 e. The zero-order chi connectivity index (χ0) is 24.7. The normalized spacial score (nSPS) is 18.2. The van der Waals surface area contributed by atoms with Gasteiger partial charge in [0, 0.05) is 50.9 Å². The summed E-state index contributed by atoms with van der Waals surface area (Å²) < 4.78 is 5.39. The molecule has 1 unspecified atom stereocenters. The van der Waals surface area contributed by atoms with E-state index in [0.29, 0.717) is 0 Å². The molecule has 0 radical (unpaired) electrons. The minimum atomic E-state index is -0.490. The molecule has 1 fully saturated rings. The van der Waals surface area contributed by atoms with Crippen molar-refractivity contribution in [3.63, 3.8) is 0 Å². The Bertz CT molecular complexity index is 1120. The highest BCUT2D eigenvalue weighted by atomic mass is 16.5. The summed E-state index contributed by atoms with van der Waals surface area (Å²) in [5.41, 5.74) is 6.54. The summed E-state index contributed by atoms with van der Waals surface area (Å²) in [6, 6.07) is 28.9. The molecule has 0 aromatic heterocycles. The summed E-state index contributed by atoms with van der Waals surface area (Å²) in [6.07, 6.45) is 1.23. The van der Waals surface area contributed by atoms with Crippen molar-refractivity contribution in [3.8, 4) is 5.75 Å². The van der Waals surface area contributed by atoms with Gasteiger partial charge in [-0.1, -0.05) is 66.7 Å². The summed E-state index contributed by atoms with van der Waals surface area (Å²) in [4.78, 5) is 19.1. The number of nitrogens with zero attached hydrogens (tertiary/aromatic N) is 4. The van der Waals surface area contributed by atoms with E-state index >= 15 is 0 Å². The first-order valence-corrected chi connectivity index (χ1v) is 12.5. The van der Waals surface area contributed by atoms with Gasteiger partial charge in [-0.05, 0) is 23.3 Å². The first-order valence-electron chi connectivity index (χ1n) is 12.5. The van der Waals surface area contributed by atoms with Gasteiger partial charge in [-0.2, -0.15) is 5.10 Å². The van der Waals surface area contributed by atoms with E-state index in [0.717, 1.165) is 68.1 Å². The maximum atomic E-state index is 12.1. The minimum absolute atomic E-state index is 0.0961. The van der Waals surface area contributed by atoms with E-state index in [-0.39, 0.29) is 6.04 Å². The van der Waals surface area contributed by atoms with Gasteiger partial charge >= 0.3 is 0 Å². The van der Waals surface area contributed by atoms with Crippen LogP contribution in [0.5, 0.6) is 5.75 Å². The first kappa shape index (κ1) is 23.9. The van der Waals surface area contributed by atoms with Crippen LogP contribution in [-0.4, -0.2) is 67.9 Å². The molecule has 3 aromatic carbocycles. The molecule has 7 nitrogen and oxygen atoms in total. The Balaban J connectivity index is 1.27. The third-order valence-electron chi connectivity index (χ3n) is 7.00. The number of piperazine rings is 1. The number of carbonyl (C=O) groups is 1. The van der Waals surface area contributed by atoms with Crippen molar-refractivity contribution in [2.24, 2.45) is 5.10 Å². The Hall–Kier alpha value is -3.84. The third kappa shape index (κ3) is 5.21. The van der Waals surface area contributed by atoms with Crippen LogP contribution in [0.25, 0.3) is 0 Å². The van der Waals surface area contributed by atoms with Crippen molar-refractivity contribution in [1.82, 2.24) is 15.2 Å². The molecular formula is C29H33N5O2. The average molecular weight is 484 g/mol. The average Bonchev–Trinajstić information content (AvgIpc) is 3.36. The summed E-state index contributed by atoms with van der Waals surface area (Å²) >= 11 is 0. The van der Waals surface area contributed by atoms with Crippen LogP contribution in [0.3, 0.4) is 0 Å². The number of anilines is 1. The fourth-order valence-corrected chi connectivity index (χ4v) is 5.09. The van der Waals surface area contributed by atoms with Gasteiger partial charge in [0.25, 0.3) is 0 Å². The number of amidine groups is 1. The van der Waals surface area contributed by atoms with Crippen LogP contribution in [-0.2, 0) is 4.79 Å². The van der Waals surface area contributed by atoms with Crippen molar-refractivity contribution >= 4 is 17.8 Å². The number of nitrogens with one attached hydrogen (secondary N) is 1. The van der Waals surface area contributed by atoms with Crippen LogP contribution >= 0.6 is 0 Å². The highest BCUT2D eigenvalue weighted by Gasteiger charge is 2.35. The van der Waals surface area contributed by atoms with E-state index in [1.54, 1.807) is 7.11 Å². The molecule has 0 spiro atoms. The van der Waals surface area contributed by atoms with Crippen LogP contribution in [0.4, 0.5) is 5.69 Å². The van der Waals surface area contributed by atoms with Gasteiger partial charge in [-0.3, -0.25) is 15.1 Å². The number of hydrazone groups is 1. The topological polar surface area (TPSA) is 60.4 Å². The molecule has 1 N–H and O–H groups in total. The number of hydrogen-bond acceptors (Lipinski definition) is 7. The lowest BCUT2D eigenvalue weighted by Crippen LogP contribution is -2.48. The SMILES string of the molecule is COc1cccc(N2CCN(CCC3=NNC(C=O)N3C(c3ccccc3)c3ccccc3)CC2)c1. The molecule has 5 rings (SSSR count). The van der Waals surface area contributed by atoms with E-state index in [1.807, 2.05) is 48.5 Å². The summed E-state index contributed by atoms with van der Waals surface area (Å²) in [6.45, 7) is 4.79. The van der Waals surface area contributed by atoms with Crippen molar-refractivity contribution in [2.75, 3.05) is 44.7 Å². The van der Waals surface area contributed by atoms with Crippen LogP contribution < -0.4 is 15.1 Å². The number of rotatable bonds is 9. The van der Waals surface area contributed by atoms with Gasteiger partial charge in [-0.25, -0.2) is 0 Å². The van der Waals surface area contributed by atoms with Crippen LogP contribution in [0.15, 0.2) is 90.0 Å². The summed E-state index contributed by atoms with van der Waals surface area (Å²) in [5, 5.41) is 4.62. The predicted molar refractivity (Wildman–Crippen MR) is 143 cm³/mol. The molecule has 0 bridgehead atoms. The van der Waals surface area contributed by atoms with Crippen molar-refractivity contribution in [1.29, 1.82) is 0 Å². The molecule has 36 heavy (non-hydrogen) atoms. The predicted octanol–water partition coefficient (Wildman–Crippen LogP) is 3.74. The van der Waals surface area contributed by atoms with Crippen LogP contribution in [0.1, 0.15) is 23.6 Å². The van der Waals surface area contributed by atoms with Gasteiger partial charge in [0.05, 0.1) is 13.2 Å². The molecule has 0 saturated carbocycles. The van der Waals surface area contributed by atoms with E-state index in [1.165, 1.54) is 5.69 Å². The lowest BCUT2D eigenvalue weighted by atomic mass is 9.96. The van der Waals surface area contributed by atoms with E-state index < -0.39 is 6.17 Å². The van der Waals surface area contributed by atoms with Gasteiger partial charge in [0.15, 0.2) is 12.5 Å². The number of aldehydes is 1. The van der Waals surface area contributed by atoms with Crippen molar-refractivity contribution in [3.05, 3.63) is 96.1 Å². The second kappa shape index (κ2) is 11.3. The zero-order valence-electron chi connectivity index (χ0n) is 20.7. The largest absolute Gasteiger partial charge is 0.497 e. The zero-order valence-corrected chi connectivity index (χ0v) is 20.7. The van der Waals surface area contributed by atoms with E-state index in [4.69, 9.17) is 4.74 Å². The maximum Gasteiger partial charge on any atom is 0.173 e. The molecule has 2 aliphatic rings. The number of benzene rings is 3. The molecule has 1 saturated heterocycles. The number of carbonyl (C=O) groups excluding carboxylic acids is 1. The third-order valence-corrected chi connectivity index (χ3v) is 7.00. The number of ether oxygens (including phenoxy) is 1. The number of methoxy groups -OCH3 is 1. The highest BCUT2D eigenvalue weighted by molar-refractivity contribution is 5.87. The number of hydrogen-bond donors (Lipinski definition) is 1. The quantitative estimate of drug-likeness (QED) is 0.468. The molecule has 3 aromatic rings. The monoisotopic (exact) mass is 483 g/mol. The Morgan fingerprint density at radius 3 is 2.22 bits per heavy atom. The molecule has 0 aliphatic carbocycles. The standard InChI is InChI=1S/C29H33N5O2/c1-36-26-14-8-13-25(21-26)33-19-17-32(18-20-33)16-15-27-30-31-28(22-35)34(27)29(23-9-4-2-5-10-23)24-11-6-3-7-12-24/h2-14,21-22,28-29,31H,15-20H2,1H3. The van der Waals surface area contributed by atoms with Gasteiger partial charge < -0.3 is 14.5 Å². The molecule has 186 valence electrons. The fourth-order valence-electron chi connectivity index (χ4n) is 5.09. The Kier molecular flexibility index (Phi) is 7.47. The minimum Gasteiger partial charge on any atom is -0.497 e. The van der Waals surface area contributed by atoms with Crippen LogP contribution in [0.2, 0.25) is 0 Å². The molecule has 2 aliphatic heterocycles. The van der Waals surface area contributed by atoms with Gasteiger partial charge in [0.2, 0.25) is 0 Å². The first-order chi connectivity index (χ1) is 17.8. The lowest BCUT2D eigenvalue weighted by molar-refractivity contribution is -0.112. The molecular weight excluding hydrogens is 450 g/mol.